The summed E-state index contributed by atoms with van der Waals surface area (Å²) in [6.45, 7) is 4.63. The Kier molecular flexibility index (Phi) is 4.32. The van der Waals surface area contributed by atoms with Crippen LogP contribution in [0.2, 0.25) is 0 Å². The van der Waals surface area contributed by atoms with Crippen LogP contribution in [-0.4, -0.2) is 15.9 Å². The van der Waals surface area contributed by atoms with Crippen LogP contribution in [-0.2, 0) is 13.2 Å². The lowest BCUT2D eigenvalue weighted by Gasteiger charge is -2.15. The Hall–Kier alpha value is -1.26. The summed E-state index contributed by atoms with van der Waals surface area (Å²) >= 11 is 1.66. The Morgan fingerprint density at radius 2 is 2.05 bits per heavy atom. The SMILES string of the molecule is CSc1ccc2cc(CO)c(=O)n(CC(C)C)c2c1. The number of aliphatic hydroxyl groups excluding tert-OH is 1. The van der Waals surface area contributed by atoms with Gasteiger partial charge in [-0.1, -0.05) is 19.9 Å². The number of aliphatic hydroxyl groups is 1. The van der Waals surface area contributed by atoms with Gasteiger partial charge in [-0.25, -0.2) is 0 Å². The summed E-state index contributed by atoms with van der Waals surface area (Å²) in [4.78, 5) is 13.5. The van der Waals surface area contributed by atoms with Crippen molar-refractivity contribution in [1.82, 2.24) is 4.57 Å². The van der Waals surface area contributed by atoms with Gasteiger partial charge in [-0.2, -0.15) is 0 Å². The number of pyridine rings is 1. The lowest BCUT2D eigenvalue weighted by Crippen LogP contribution is -2.26. The lowest BCUT2D eigenvalue weighted by atomic mass is 10.1. The number of benzene rings is 1. The van der Waals surface area contributed by atoms with Gasteiger partial charge in [0, 0.05) is 17.0 Å². The van der Waals surface area contributed by atoms with Gasteiger partial charge in [-0.15, -0.1) is 11.8 Å². The summed E-state index contributed by atoms with van der Waals surface area (Å²) in [6, 6.07) is 7.89. The van der Waals surface area contributed by atoms with Crippen LogP contribution < -0.4 is 5.56 Å². The predicted octanol–water partition coefficient (Wildman–Crippen LogP) is 2.87. The molecule has 0 atom stereocenters. The molecule has 3 nitrogen and oxygen atoms in total. The predicted molar refractivity (Wildman–Crippen MR) is 80.7 cm³/mol. The molecule has 2 aromatic rings. The van der Waals surface area contributed by atoms with Crippen LogP contribution in [0, 0.1) is 5.92 Å². The molecule has 0 spiro atoms. The highest BCUT2D eigenvalue weighted by atomic mass is 32.2. The van der Waals surface area contributed by atoms with Crippen LogP contribution in [0.15, 0.2) is 34.0 Å². The number of thioether (sulfide) groups is 1. The summed E-state index contributed by atoms with van der Waals surface area (Å²) in [5.41, 5.74) is 1.33. The van der Waals surface area contributed by atoms with Gasteiger partial charge in [0.25, 0.3) is 5.56 Å². The number of aromatic nitrogens is 1. The molecule has 0 fully saturated rings. The Labute approximate surface area is 117 Å². The Bertz CT molecular complexity index is 646. The third kappa shape index (κ3) is 2.85. The fourth-order valence-electron chi connectivity index (χ4n) is 2.20. The van der Waals surface area contributed by atoms with Gasteiger partial charge in [0.1, 0.15) is 0 Å². The van der Waals surface area contributed by atoms with Gasteiger partial charge in [0.05, 0.1) is 12.1 Å². The van der Waals surface area contributed by atoms with E-state index in [0.29, 0.717) is 18.0 Å². The van der Waals surface area contributed by atoms with E-state index >= 15 is 0 Å². The first-order valence-electron chi connectivity index (χ1n) is 6.38. The zero-order chi connectivity index (χ0) is 14.0. The van der Waals surface area contributed by atoms with E-state index in [9.17, 15) is 9.90 Å². The van der Waals surface area contributed by atoms with Crippen molar-refractivity contribution in [3.63, 3.8) is 0 Å². The summed E-state index contributed by atoms with van der Waals surface area (Å²) in [6.07, 6.45) is 2.02. The van der Waals surface area contributed by atoms with E-state index in [1.54, 1.807) is 22.4 Å². The third-order valence-corrected chi connectivity index (χ3v) is 3.82. The number of hydrogen-bond acceptors (Lipinski definition) is 3. The normalized spacial score (nSPS) is 11.4. The van der Waals surface area contributed by atoms with E-state index in [4.69, 9.17) is 0 Å². The second-order valence-electron chi connectivity index (χ2n) is 5.06. The number of fused-ring (bicyclic) bond motifs is 1. The molecule has 0 unspecified atom stereocenters. The van der Waals surface area contributed by atoms with E-state index in [-0.39, 0.29) is 12.2 Å². The van der Waals surface area contributed by atoms with Gasteiger partial charge in [0.2, 0.25) is 0 Å². The Morgan fingerprint density at radius 3 is 2.63 bits per heavy atom. The Balaban J connectivity index is 2.76. The molecule has 19 heavy (non-hydrogen) atoms. The van der Waals surface area contributed by atoms with Crippen molar-refractivity contribution < 1.29 is 5.11 Å². The first kappa shape index (κ1) is 14.2. The summed E-state index contributed by atoms with van der Waals surface area (Å²) in [7, 11) is 0. The highest BCUT2D eigenvalue weighted by Gasteiger charge is 2.10. The second kappa shape index (κ2) is 5.80. The zero-order valence-electron chi connectivity index (χ0n) is 11.5. The van der Waals surface area contributed by atoms with E-state index in [1.807, 2.05) is 24.5 Å². The van der Waals surface area contributed by atoms with Crippen molar-refractivity contribution in [2.75, 3.05) is 6.26 Å². The average molecular weight is 277 g/mol. The molecule has 0 aliphatic heterocycles. The minimum absolute atomic E-state index is 0.0815. The molecule has 1 aromatic heterocycles. The average Bonchev–Trinajstić information content (AvgIpc) is 2.40. The smallest absolute Gasteiger partial charge is 0.256 e. The minimum atomic E-state index is -0.211. The standard InChI is InChI=1S/C15H19NO2S/c1-10(2)8-16-14-7-13(19-3)5-4-11(14)6-12(9-17)15(16)18/h4-7,10,17H,8-9H2,1-3H3. The van der Waals surface area contributed by atoms with Crippen LogP contribution >= 0.6 is 11.8 Å². The largest absolute Gasteiger partial charge is 0.391 e. The highest BCUT2D eigenvalue weighted by molar-refractivity contribution is 7.98. The quantitative estimate of drug-likeness (QED) is 0.874. The summed E-state index contributed by atoms with van der Waals surface area (Å²) in [5.74, 6) is 0.382. The van der Waals surface area contributed by atoms with Crippen molar-refractivity contribution in [1.29, 1.82) is 0 Å². The van der Waals surface area contributed by atoms with Crippen molar-refractivity contribution in [3.8, 4) is 0 Å². The number of hydrogen-bond donors (Lipinski definition) is 1. The highest BCUT2D eigenvalue weighted by Crippen LogP contribution is 2.22. The number of nitrogens with zero attached hydrogens (tertiary/aromatic N) is 1. The van der Waals surface area contributed by atoms with E-state index < -0.39 is 0 Å². The fraction of sp³-hybridized carbons (Fsp3) is 0.400. The van der Waals surface area contributed by atoms with Crippen LogP contribution in [0.5, 0.6) is 0 Å². The van der Waals surface area contributed by atoms with E-state index in [1.165, 1.54) is 0 Å². The van der Waals surface area contributed by atoms with Crippen LogP contribution in [0.4, 0.5) is 0 Å². The van der Waals surface area contributed by atoms with Gasteiger partial charge >= 0.3 is 0 Å². The summed E-state index contributed by atoms with van der Waals surface area (Å²) in [5, 5.41) is 10.3. The fourth-order valence-corrected chi connectivity index (χ4v) is 2.63. The first-order valence-corrected chi connectivity index (χ1v) is 7.60. The molecule has 1 aromatic carbocycles. The maximum Gasteiger partial charge on any atom is 0.256 e. The molecule has 0 aliphatic rings. The maximum atomic E-state index is 12.3. The van der Waals surface area contributed by atoms with Crippen molar-refractivity contribution >= 4 is 22.7 Å². The molecule has 4 heteroatoms. The van der Waals surface area contributed by atoms with Gasteiger partial charge in [0.15, 0.2) is 0 Å². The molecule has 0 saturated heterocycles. The van der Waals surface area contributed by atoms with Crippen LogP contribution in [0.1, 0.15) is 19.4 Å². The molecule has 0 aliphatic carbocycles. The van der Waals surface area contributed by atoms with E-state index in [0.717, 1.165) is 15.8 Å². The number of rotatable bonds is 4. The second-order valence-corrected chi connectivity index (χ2v) is 5.94. The van der Waals surface area contributed by atoms with Gasteiger partial charge in [-0.05, 0) is 35.8 Å². The topological polar surface area (TPSA) is 42.2 Å². The monoisotopic (exact) mass is 277 g/mol. The molecule has 0 amide bonds. The van der Waals surface area contributed by atoms with Crippen LogP contribution in [0.25, 0.3) is 10.9 Å². The zero-order valence-corrected chi connectivity index (χ0v) is 12.3. The van der Waals surface area contributed by atoms with Crippen LogP contribution in [0.3, 0.4) is 0 Å². The summed E-state index contributed by atoms with van der Waals surface area (Å²) < 4.78 is 1.78. The van der Waals surface area contributed by atoms with E-state index in [2.05, 4.69) is 13.8 Å². The lowest BCUT2D eigenvalue weighted by molar-refractivity contribution is 0.279. The minimum Gasteiger partial charge on any atom is -0.391 e. The molecular formula is C15H19NO2S. The van der Waals surface area contributed by atoms with Crippen molar-refractivity contribution in [2.45, 2.75) is 31.9 Å². The molecule has 0 radical (unpaired) electrons. The van der Waals surface area contributed by atoms with Gasteiger partial charge < -0.3 is 9.67 Å². The first-order chi connectivity index (χ1) is 9.06. The molecular weight excluding hydrogens is 258 g/mol. The molecule has 0 saturated carbocycles. The third-order valence-electron chi connectivity index (χ3n) is 3.10. The van der Waals surface area contributed by atoms with Crippen molar-refractivity contribution in [3.05, 3.63) is 40.2 Å². The molecule has 1 N–H and O–H groups in total. The molecule has 0 bridgehead atoms. The molecule has 2 rings (SSSR count). The molecule has 1 heterocycles. The molecule has 102 valence electrons. The Morgan fingerprint density at radius 1 is 1.32 bits per heavy atom. The van der Waals surface area contributed by atoms with Crippen molar-refractivity contribution in [2.24, 2.45) is 5.92 Å². The maximum absolute atomic E-state index is 12.3. The van der Waals surface area contributed by atoms with Gasteiger partial charge in [-0.3, -0.25) is 4.79 Å².